The Morgan fingerprint density at radius 2 is 1.80 bits per heavy atom. The van der Waals surface area contributed by atoms with Crippen molar-refractivity contribution in [3.8, 4) is 0 Å². The maximum Gasteiger partial charge on any atom is 0.110 e. The highest BCUT2D eigenvalue weighted by molar-refractivity contribution is 8.76. The molecule has 2 nitrogen and oxygen atoms in total. The molecule has 0 radical (unpaired) electrons. The molecule has 0 aromatic carbocycles. The van der Waals surface area contributed by atoms with Gasteiger partial charge < -0.3 is 0 Å². The van der Waals surface area contributed by atoms with Crippen molar-refractivity contribution in [2.24, 2.45) is 0 Å². The van der Waals surface area contributed by atoms with Gasteiger partial charge in [0.1, 0.15) is 10.1 Å². The Bertz CT molecular complexity index is 432. The molecule has 0 saturated carbocycles. The first-order valence-corrected chi connectivity index (χ1v) is 6.68. The van der Waals surface area contributed by atoms with Crippen LogP contribution in [0.2, 0.25) is 0 Å². The van der Waals surface area contributed by atoms with E-state index < -0.39 is 0 Å². The van der Waals surface area contributed by atoms with Gasteiger partial charge in [-0.2, -0.15) is 0 Å². The van der Waals surface area contributed by atoms with Crippen LogP contribution in [0.15, 0.2) is 52.8 Å². The van der Waals surface area contributed by atoms with Gasteiger partial charge in [-0.3, -0.25) is 0 Å². The minimum absolute atomic E-state index is 1.01. The molecular weight excluding hydrogens is 224 g/mol. The zero-order valence-electron chi connectivity index (χ0n) is 8.25. The summed E-state index contributed by atoms with van der Waals surface area (Å²) in [4.78, 5) is 8.55. The first-order chi connectivity index (χ1) is 7.36. The van der Waals surface area contributed by atoms with E-state index in [0.717, 1.165) is 10.1 Å². The number of aromatic nitrogens is 2. The predicted octanol–water partition coefficient (Wildman–Crippen LogP) is 3.58. The van der Waals surface area contributed by atoms with E-state index in [2.05, 4.69) is 23.0 Å². The fourth-order valence-electron chi connectivity index (χ4n) is 1.04. The molecule has 2 rings (SSSR count). The van der Waals surface area contributed by atoms with E-state index in [-0.39, 0.29) is 0 Å². The fourth-order valence-corrected chi connectivity index (χ4v) is 3.05. The summed E-state index contributed by atoms with van der Waals surface area (Å²) in [5.74, 6) is 0. The lowest BCUT2D eigenvalue weighted by molar-refractivity contribution is 1.09. The Morgan fingerprint density at radius 3 is 2.53 bits per heavy atom. The van der Waals surface area contributed by atoms with E-state index in [1.54, 1.807) is 27.8 Å². The Labute approximate surface area is 96.9 Å². The molecule has 0 atom stereocenters. The molecule has 0 amide bonds. The van der Waals surface area contributed by atoms with Gasteiger partial charge in [-0.15, -0.1) is 0 Å². The molecule has 2 aromatic heterocycles. The molecule has 76 valence electrons. The molecule has 0 aliphatic rings. The second-order valence-corrected chi connectivity index (χ2v) is 5.10. The van der Waals surface area contributed by atoms with Crippen molar-refractivity contribution < 1.29 is 0 Å². The standard InChI is InChI=1S/C11H10N2S2/c1-9-5-4-8-13-11(9)15-14-10-6-2-3-7-12-10/h2-8H,1H3. The van der Waals surface area contributed by atoms with Crippen LogP contribution in [0.25, 0.3) is 0 Å². The van der Waals surface area contributed by atoms with Gasteiger partial charge in [-0.25, -0.2) is 9.97 Å². The number of rotatable bonds is 3. The van der Waals surface area contributed by atoms with Crippen LogP contribution in [-0.2, 0) is 0 Å². The molecule has 0 saturated heterocycles. The molecule has 0 spiro atoms. The molecule has 2 heterocycles. The van der Waals surface area contributed by atoms with Gasteiger partial charge >= 0.3 is 0 Å². The number of hydrogen-bond donors (Lipinski definition) is 0. The third-order valence-electron chi connectivity index (χ3n) is 1.81. The van der Waals surface area contributed by atoms with Gasteiger partial charge in [0.05, 0.1) is 0 Å². The first kappa shape index (κ1) is 10.5. The maximum atomic E-state index is 4.31. The lowest BCUT2D eigenvalue weighted by atomic mass is 10.3. The summed E-state index contributed by atoms with van der Waals surface area (Å²) >= 11 is 0. The van der Waals surface area contributed by atoms with Gasteiger partial charge in [-0.05, 0) is 52.3 Å². The Balaban J connectivity index is 2.03. The number of hydrogen-bond acceptors (Lipinski definition) is 4. The molecule has 0 aliphatic heterocycles. The third kappa shape index (κ3) is 2.97. The largest absolute Gasteiger partial charge is 0.249 e. The summed E-state index contributed by atoms with van der Waals surface area (Å²) in [5.41, 5.74) is 1.20. The van der Waals surface area contributed by atoms with Gasteiger partial charge in [-0.1, -0.05) is 12.1 Å². The summed E-state index contributed by atoms with van der Waals surface area (Å²) in [6.07, 6.45) is 3.61. The fraction of sp³-hybridized carbons (Fsp3) is 0.0909. The van der Waals surface area contributed by atoms with Crippen molar-refractivity contribution in [1.29, 1.82) is 0 Å². The van der Waals surface area contributed by atoms with Gasteiger partial charge in [0, 0.05) is 12.4 Å². The maximum absolute atomic E-state index is 4.31. The highest BCUT2D eigenvalue weighted by Crippen LogP contribution is 2.36. The number of nitrogens with zero attached hydrogens (tertiary/aromatic N) is 2. The van der Waals surface area contributed by atoms with Crippen LogP contribution in [0, 0.1) is 6.92 Å². The van der Waals surface area contributed by atoms with Crippen molar-refractivity contribution in [2.45, 2.75) is 17.0 Å². The molecule has 0 bridgehead atoms. The minimum atomic E-state index is 1.01. The predicted molar refractivity (Wildman–Crippen MR) is 64.9 cm³/mol. The Kier molecular flexibility index (Phi) is 3.64. The van der Waals surface area contributed by atoms with Crippen molar-refractivity contribution >= 4 is 21.6 Å². The van der Waals surface area contributed by atoms with Gasteiger partial charge in [0.15, 0.2) is 0 Å². The second kappa shape index (κ2) is 5.19. The SMILES string of the molecule is Cc1cccnc1SSc1ccccn1. The monoisotopic (exact) mass is 234 g/mol. The highest BCUT2D eigenvalue weighted by atomic mass is 33.1. The third-order valence-corrected chi connectivity index (χ3v) is 4.12. The van der Waals surface area contributed by atoms with Crippen LogP contribution in [0.3, 0.4) is 0 Å². The average molecular weight is 234 g/mol. The summed E-state index contributed by atoms with van der Waals surface area (Å²) in [7, 11) is 3.27. The minimum Gasteiger partial charge on any atom is -0.249 e. The summed E-state index contributed by atoms with van der Waals surface area (Å²) in [6.45, 7) is 2.06. The van der Waals surface area contributed by atoms with E-state index in [4.69, 9.17) is 0 Å². The topological polar surface area (TPSA) is 25.8 Å². The normalized spacial score (nSPS) is 10.2. The molecule has 0 fully saturated rings. The van der Waals surface area contributed by atoms with Crippen LogP contribution in [0.5, 0.6) is 0 Å². The Morgan fingerprint density at radius 1 is 0.933 bits per heavy atom. The van der Waals surface area contributed by atoms with Gasteiger partial charge in [0.25, 0.3) is 0 Å². The zero-order valence-corrected chi connectivity index (χ0v) is 9.89. The first-order valence-electron chi connectivity index (χ1n) is 4.53. The number of pyridine rings is 2. The van der Waals surface area contributed by atoms with E-state index >= 15 is 0 Å². The van der Waals surface area contributed by atoms with Crippen molar-refractivity contribution in [1.82, 2.24) is 9.97 Å². The second-order valence-electron chi connectivity index (χ2n) is 2.96. The molecular formula is C11H10N2S2. The number of aryl methyl sites for hydroxylation is 1. The van der Waals surface area contributed by atoms with Crippen LogP contribution in [0.4, 0.5) is 0 Å². The summed E-state index contributed by atoms with van der Waals surface area (Å²) in [5, 5.41) is 2.06. The Hall–Kier alpha value is -1.00. The van der Waals surface area contributed by atoms with Gasteiger partial charge in [0.2, 0.25) is 0 Å². The van der Waals surface area contributed by atoms with Crippen LogP contribution >= 0.6 is 21.6 Å². The van der Waals surface area contributed by atoms with E-state index in [1.165, 1.54) is 5.56 Å². The molecule has 4 heteroatoms. The summed E-state index contributed by atoms with van der Waals surface area (Å²) in [6, 6.07) is 9.91. The lowest BCUT2D eigenvalue weighted by Crippen LogP contribution is -1.81. The van der Waals surface area contributed by atoms with Crippen molar-refractivity contribution in [3.63, 3.8) is 0 Å². The highest BCUT2D eigenvalue weighted by Gasteiger charge is 2.01. The van der Waals surface area contributed by atoms with Crippen LogP contribution in [-0.4, -0.2) is 9.97 Å². The van der Waals surface area contributed by atoms with Crippen molar-refractivity contribution in [2.75, 3.05) is 0 Å². The van der Waals surface area contributed by atoms with Crippen molar-refractivity contribution in [3.05, 3.63) is 48.3 Å². The molecule has 15 heavy (non-hydrogen) atoms. The smallest absolute Gasteiger partial charge is 0.110 e. The molecule has 0 unspecified atom stereocenters. The molecule has 2 aromatic rings. The molecule has 0 N–H and O–H groups in total. The summed E-state index contributed by atoms with van der Waals surface area (Å²) < 4.78 is 0. The van der Waals surface area contributed by atoms with E-state index in [0.29, 0.717) is 0 Å². The average Bonchev–Trinajstić information content (AvgIpc) is 2.29. The zero-order chi connectivity index (χ0) is 10.5. The lowest BCUT2D eigenvalue weighted by Gasteiger charge is -2.01. The van der Waals surface area contributed by atoms with Crippen LogP contribution in [0.1, 0.15) is 5.56 Å². The van der Waals surface area contributed by atoms with Crippen LogP contribution < -0.4 is 0 Å². The van der Waals surface area contributed by atoms with E-state index in [1.807, 2.05) is 30.5 Å². The molecule has 0 aliphatic carbocycles. The van der Waals surface area contributed by atoms with E-state index in [9.17, 15) is 0 Å². The quantitative estimate of drug-likeness (QED) is 0.758.